The molecule has 0 heterocycles. The summed E-state index contributed by atoms with van der Waals surface area (Å²) in [6.07, 6.45) is 0. The summed E-state index contributed by atoms with van der Waals surface area (Å²) in [6.45, 7) is 8.05. The van der Waals surface area contributed by atoms with Crippen molar-refractivity contribution in [2.45, 2.75) is 59.1 Å². The van der Waals surface area contributed by atoms with E-state index in [0.29, 0.717) is 49.7 Å². The van der Waals surface area contributed by atoms with Crippen molar-refractivity contribution in [1.29, 1.82) is 0 Å². The highest BCUT2D eigenvalue weighted by molar-refractivity contribution is 8.26. The fourth-order valence-electron chi connectivity index (χ4n) is 9.67. The smallest absolute Gasteiger partial charge is 0.339 e. The average molecular weight is 1630 g/mol. The lowest BCUT2D eigenvalue weighted by molar-refractivity contribution is -0.252. The Morgan fingerprint density at radius 3 is 0.962 bits per heavy atom. The molecule has 546 valence electrons. The van der Waals surface area contributed by atoms with Gasteiger partial charge in [-0.15, -0.1) is 12.4 Å². The molecule has 0 fully saturated rings. The summed E-state index contributed by atoms with van der Waals surface area (Å²) < 4.78 is 157. The minimum Gasteiger partial charge on any atom is -0.744 e. The SMILES string of the molecule is CC(=O)Nc1cccc2cc(S(=O)(=O)Cl)ccc12.CC(=O)Nc1cccc2cc(S(=O)(=O)Oc3ccc(C)cc3)ccc12.CC(=O)Nc1cccc2cc(S(=O)(=O)[O-])ccc12.Cc1ccc(OS(=O)(=O)c2ccc3c(NCl)cccc3c2)cc1.Cl.O=S(Cl)Cl.[NH3+]c1cccc2cc(S(=O)(=O)[O-])ccc12. The molecule has 23 nitrogen and oxygen atoms in total. The van der Waals surface area contributed by atoms with Crippen LogP contribution >= 0.6 is 56.2 Å². The number of nitrogens with one attached hydrogen (secondary N) is 4. The molecule has 0 aliphatic heterocycles. The normalized spacial score (nSPS) is 11.2. The lowest BCUT2D eigenvalue weighted by Crippen LogP contribution is -2.40. The summed E-state index contributed by atoms with van der Waals surface area (Å²) in [4.78, 5) is 35.6. The van der Waals surface area contributed by atoms with Gasteiger partial charge >= 0.3 is 20.2 Å². The van der Waals surface area contributed by atoms with Crippen LogP contribution in [0, 0.1) is 13.8 Å². The van der Waals surface area contributed by atoms with Gasteiger partial charge in [-0.3, -0.25) is 19.2 Å². The first-order valence-corrected chi connectivity index (χ1v) is 40.7. The topological polar surface area (TPSA) is 379 Å². The molecule has 0 saturated heterocycles. The molecule has 0 spiro atoms. The second kappa shape index (κ2) is 36.6. The molecule has 34 heteroatoms. The van der Waals surface area contributed by atoms with Gasteiger partial charge in [0.2, 0.25) is 26.9 Å². The first-order chi connectivity index (χ1) is 48.3. The van der Waals surface area contributed by atoms with E-state index < -0.39 is 58.8 Å². The van der Waals surface area contributed by atoms with E-state index in [0.717, 1.165) is 43.7 Å². The minimum absolute atomic E-state index is 0. The van der Waals surface area contributed by atoms with Gasteiger partial charge in [-0.2, -0.15) is 16.8 Å². The number of fused-ring (bicyclic) bond motifs is 5. The Bertz CT molecular complexity index is 5680. The van der Waals surface area contributed by atoms with Gasteiger partial charge in [-0.05, 0) is 162 Å². The highest BCUT2D eigenvalue weighted by Gasteiger charge is 2.20. The van der Waals surface area contributed by atoms with E-state index >= 15 is 0 Å². The van der Waals surface area contributed by atoms with Crippen LogP contribution in [0.3, 0.4) is 0 Å². The fourth-order valence-corrected chi connectivity index (χ4v) is 13.6. The molecule has 7 N–H and O–H groups in total. The van der Waals surface area contributed by atoms with Gasteiger partial charge in [-0.1, -0.05) is 120 Å². The van der Waals surface area contributed by atoms with Gasteiger partial charge in [0, 0.05) is 109 Å². The molecule has 12 rings (SSSR count). The standard InChI is InChI=1S/C19H17NO4S.C17H14ClNO3S.C12H10ClNO3S.C12H11NO4S.C10H9NO3S.Cl2OS.ClH/c1-13-6-8-16(9-7-13)24-25(22,23)17-10-11-18-15(12-17)4-3-5-19(18)20-14(2)21;1-12-5-7-14(8-6-12)22-23(20,21)15-9-10-16-13(11-15)3-2-4-17(16)19-18;1-8(15)14-12-4-2-3-9-7-10(18(13,16)17)5-6-11(9)12;1-8(14)13-12-4-2-3-9-7-10(18(15,16)17)5-6-11(9)12;11-10-3-1-2-7-6-8(15(12,13)14)4-5-9(7)10;1-4(2)3;/h3-12H,1-2H3,(H,20,21);2-11,19H,1H3;2-7H,1H3,(H,14,15);2-7H,1H3,(H,13,14)(H,15,16,17);1-6H,11H2,(H,12,13,14);;1H/p-1. The zero-order valence-corrected chi connectivity index (χ0v) is 63.6. The van der Waals surface area contributed by atoms with Gasteiger partial charge in [0.15, 0.2) is 0 Å². The van der Waals surface area contributed by atoms with E-state index in [1.165, 1.54) is 81.4 Å². The van der Waals surface area contributed by atoms with Crippen LogP contribution in [0.2, 0.25) is 0 Å². The molecular formula is C70H61Cl5N5O18S6-. The molecule has 0 saturated carbocycles. The van der Waals surface area contributed by atoms with Crippen molar-refractivity contribution in [1.82, 2.24) is 0 Å². The number of carbonyl (C=O) groups excluding carboxylic acids is 3. The van der Waals surface area contributed by atoms with Gasteiger partial charge in [0.1, 0.15) is 47.2 Å². The Hall–Kier alpha value is -9.02. The van der Waals surface area contributed by atoms with Crippen molar-refractivity contribution in [3.63, 3.8) is 0 Å². The highest BCUT2D eigenvalue weighted by Crippen LogP contribution is 2.32. The zero-order valence-electron chi connectivity index (χ0n) is 54.9. The van der Waals surface area contributed by atoms with Crippen molar-refractivity contribution >= 4 is 215 Å². The summed E-state index contributed by atoms with van der Waals surface area (Å²) in [5, 5.41) is 15.4. The monoisotopic (exact) mass is 1630 g/mol. The Kier molecular flexibility index (Phi) is 29.5. The maximum Gasteiger partial charge on any atom is 0.339 e. The van der Waals surface area contributed by atoms with Crippen LogP contribution in [-0.4, -0.2) is 73.1 Å². The third-order valence-electron chi connectivity index (χ3n) is 14.3. The van der Waals surface area contributed by atoms with Gasteiger partial charge < -0.3 is 39.2 Å². The summed E-state index contributed by atoms with van der Waals surface area (Å²) in [7, 11) is -7.78. The second-order valence-corrected chi connectivity index (χ2v) is 33.1. The molecule has 12 aromatic rings. The average Bonchev–Trinajstić information content (AvgIpc) is 0.767. The van der Waals surface area contributed by atoms with Crippen molar-refractivity contribution in [3.8, 4) is 11.5 Å². The molecule has 0 radical (unpaired) electrons. The molecule has 0 aliphatic carbocycles. The minimum atomic E-state index is -4.47. The van der Waals surface area contributed by atoms with Crippen LogP contribution in [0.25, 0.3) is 53.9 Å². The van der Waals surface area contributed by atoms with Crippen molar-refractivity contribution < 1.29 is 83.9 Å². The van der Waals surface area contributed by atoms with Gasteiger partial charge in [0.05, 0.1) is 20.4 Å². The molecule has 12 aromatic carbocycles. The molecule has 0 aliphatic rings. The number of quaternary nitrogens is 1. The van der Waals surface area contributed by atoms with E-state index in [1.807, 2.05) is 32.0 Å². The van der Waals surface area contributed by atoms with E-state index in [2.05, 4.69) is 47.9 Å². The van der Waals surface area contributed by atoms with Crippen molar-refractivity contribution in [2.24, 2.45) is 0 Å². The highest BCUT2D eigenvalue weighted by atomic mass is 36.0. The predicted octanol–water partition coefficient (Wildman–Crippen LogP) is 14.9. The number of aryl methyl sites for hydroxylation is 2. The van der Waals surface area contributed by atoms with Crippen LogP contribution in [0.15, 0.2) is 255 Å². The number of benzene rings is 12. The first kappa shape index (κ1) is 83.9. The summed E-state index contributed by atoms with van der Waals surface area (Å²) in [6, 6.07) is 62.3. The van der Waals surface area contributed by atoms with Crippen molar-refractivity contribution in [3.05, 3.63) is 242 Å². The zero-order chi connectivity index (χ0) is 75.8. The number of hydrogen-bond acceptors (Lipinski definition) is 19. The second-order valence-electron chi connectivity index (χ2n) is 21.9. The van der Waals surface area contributed by atoms with Gasteiger partial charge in [-0.25, -0.2) is 29.5 Å². The summed E-state index contributed by atoms with van der Waals surface area (Å²) >= 11 is 5.66. The number of anilines is 4. The molecule has 0 aromatic heterocycles. The third kappa shape index (κ3) is 24.3. The van der Waals surface area contributed by atoms with Crippen LogP contribution < -0.4 is 34.9 Å². The number of rotatable bonds is 13. The van der Waals surface area contributed by atoms with Crippen LogP contribution in [0.5, 0.6) is 11.5 Å². The maximum atomic E-state index is 12.5. The lowest BCUT2D eigenvalue weighted by Gasteiger charge is -2.10. The quantitative estimate of drug-likeness (QED) is 0.0310. The Morgan fingerprint density at radius 2 is 0.654 bits per heavy atom. The molecule has 3 amide bonds. The summed E-state index contributed by atoms with van der Waals surface area (Å²) in [5.41, 5.74) is 9.23. The summed E-state index contributed by atoms with van der Waals surface area (Å²) in [5.74, 6) is -0.0453. The molecule has 0 unspecified atom stereocenters. The first-order valence-electron chi connectivity index (χ1n) is 29.6. The lowest BCUT2D eigenvalue weighted by atomic mass is 10.1. The van der Waals surface area contributed by atoms with Crippen LogP contribution in [0.4, 0.5) is 28.4 Å². The number of amides is 3. The number of hydrogen-bond donors (Lipinski definition) is 5. The predicted molar refractivity (Wildman–Crippen MR) is 409 cm³/mol. The van der Waals surface area contributed by atoms with E-state index in [9.17, 15) is 65.6 Å². The Morgan fingerprint density at radius 1 is 0.394 bits per heavy atom. The van der Waals surface area contributed by atoms with Crippen LogP contribution in [0.1, 0.15) is 31.9 Å². The molecule has 0 bridgehead atoms. The van der Waals surface area contributed by atoms with Crippen LogP contribution in [-0.2, 0) is 73.1 Å². The fraction of sp³-hybridized carbons (Fsp3) is 0.0714. The number of carbonyl (C=O) groups is 3. The van der Waals surface area contributed by atoms with Crippen molar-refractivity contribution in [2.75, 3.05) is 20.8 Å². The van der Waals surface area contributed by atoms with Gasteiger partial charge in [0.25, 0.3) is 9.05 Å². The Balaban J connectivity index is 0.000000203. The van der Waals surface area contributed by atoms with E-state index in [-0.39, 0.29) is 66.1 Å². The van der Waals surface area contributed by atoms with E-state index in [1.54, 1.807) is 152 Å². The maximum absolute atomic E-state index is 12.5. The van der Waals surface area contributed by atoms with E-state index in [4.69, 9.17) is 35.0 Å². The number of halogens is 5. The largest absolute Gasteiger partial charge is 0.744 e. The molecular weight excluding hydrogens is 1570 g/mol. The third-order valence-corrected chi connectivity index (χ3v) is 20.0. The molecule has 104 heavy (non-hydrogen) atoms. The Labute approximate surface area is 626 Å². The molecule has 0 atom stereocenters.